The minimum atomic E-state index is -0.402. The summed E-state index contributed by atoms with van der Waals surface area (Å²) >= 11 is 0. The van der Waals surface area contributed by atoms with Crippen LogP contribution in [-0.4, -0.2) is 69.1 Å². The molecule has 1 atom stereocenters. The van der Waals surface area contributed by atoms with Crippen LogP contribution in [0.25, 0.3) is 0 Å². The molecule has 10 heteroatoms. The lowest BCUT2D eigenvalue weighted by Crippen LogP contribution is -2.43. The Bertz CT molecular complexity index is 338. The highest BCUT2D eigenvalue weighted by atomic mass is 35.5. The van der Waals surface area contributed by atoms with Crippen LogP contribution in [0, 0.1) is 0 Å². The quantitative estimate of drug-likeness (QED) is 0.364. The molecule has 0 radical (unpaired) electrons. The monoisotopic (exact) mass is 432 g/mol. The van der Waals surface area contributed by atoms with Crippen molar-refractivity contribution in [3.8, 4) is 0 Å². The number of hydrogen-bond donors (Lipinski definition) is 3. The first-order valence-electron chi connectivity index (χ1n) is 9.30. The Balaban J connectivity index is -0.00000288. The molecule has 1 unspecified atom stereocenters. The molecule has 0 rings (SSSR count). The predicted molar refractivity (Wildman–Crippen MR) is 113 cm³/mol. The molecule has 4 N–H and O–H groups in total. The second-order valence-electron chi connectivity index (χ2n) is 5.95. The Kier molecular flexibility index (Phi) is 24.3. The van der Waals surface area contributed by atoms with Crippen molar-refractivity contribution in [1.29, 1.82) is 0 Å². The molecular formula is C17H38Cl2N4O4. The summed E-state index contributed by atoms with van der Waals surface area (Å²) in [6.45, 7) is 9.46. The second kappa shape index (κ2) is 21.3. The first-order valence-corrected chi connectivity index (χ1v) is 9.30. The molecule has 2 amide bonds. The van der Waals surface area contributed by atoms with E-state index in [-0.39, 0.29) is 44.1 Å². The summed E-state index contributed by atoms with van der Waals surface area (Å²) in [5, 5.41) is 5.40. The number of nitrogens with two attached hydrogens (primary N) is 1. The number of halogens is 2. The number of carbonyl (C=O) groups excluding carboxylic acids is 2. The number of hydrogen-bond acceptors (Lipinski definition) is 6. The number of amides is 2. The van der Waals surface area contributed by atoms with Crippen molar-refractivity contribution in [3.63, 3.8) is 0 Å². The molecule has 0 aromatic rings. The van der Waals surface area contributed by atoms with E-state index in [0.29, 0.717) is 32.7 Å². The molecule has 0 aliphatic rings. The zero-order valence-corrected chi connectivity index (χ0v) is 18.5. The first kappa shape index (κ1) is 30.8. The number of unbranched alkanes of at least 4 members (excludes halogenated alkanes) is 2. The lowest BCUT2D eigenvalue weighted by molar-refractivity contribution is 0.0925. The molecule has 0 saturated heterocycles. The van der Waals surface area contributed by atoms with Crippen LogP contribution in [0.2, 0.25) is 0 Å². The second-order valence-corrected chi connectivity index (χ2v) is 5.95. The number of nitrogens with one attached hydrogen (secondary N) is 2. The maximum atomic E-state index is 11.5. The fourth-order valence-corrected chi connectivity index (χ4v) is 2.05. The minimum absolute atomic E-state index is 0. The van der Waals surface area contributed by atoms with Gasteiger partial charge in [-0.2, -0.15) is 0 Å². The van der Waals surface area contributed by atoms with E-state index in [4.69, 9.17) is 15.2 Å². The van der Waals surface area contributed by atoms with Gasteiger partial charge in [-0.3, -0.25) is 4.90 Å². The van der Waals surface area contributed by atoms with Crippen LogP contribution in [0.4, 0.5) is 9.59 Å². The highest BCUT2D eigenvalue weighted by molar-refractivity contribution is 5.85. The van der Waals surface area contributed by atoms with Crippen LogP contribution in [0.15, 0.2) is 0 Å². The molecule has 0 saturated carbocycles. The summed E-state index contributed by atoms with van der Waals surface area (Å²) in [5.41, 5.74) is 5.72. The third-order valence-corrected chi connectivity index (χ3v) is 3.79. The van der Waals surface area contributed by atoms with E-state index in [1.54, 1.807) is 0 Å². The van der Waals surface area contributed by atoms with E-state index in [2.05, 4.69) is 24.5 Å². The third-order valence-electron chi connectivity index (χ3n) is 3.79. The van der Waals surface area contributed by atoms with Gasteiger partial charge in [-0.05, 0) is 19.8 Å². The Labute approximate surface area is 176 Å². The summed E-state index contributed by atoms with van der Waals surface area (Å²) in [4.78, 5) is 25.1. The standard InChI is InChI=1S/C17H36N4O4.2ClH/c1-4-6-8-19-16(22)24-12-10-21(15(3)14-18)11-13-25-17(23)20-9-7-5-2;;/h15H,4-14,18H2,1-3H3,(H,19,22)(H,20,23);2*1H. The topological polar surface area (TPSA) is 106 Å². The van der Waals surface area contributed by atoms with Crippen molar-refractivity contribution in [2.75, 3.05) is 45.9 Å². The molecule has 0 aromatic carbocycles. The molecule has 164 valence electrons. The van der Waals surface area contributed by atoms with Crippen molar-refractivity contribution < 1.29 is 19.1 Å². The number of nitrogens with zero attached hydrogens (tertiary/aromatic N) is 1. The zero-order valence-electron chi connectivity index (χ0n) is 16.8. The van der Waals surface area contributed by atoms with E-state index in [1.807, 2.05) is 11.8 Å². The molecule has 0 aromatic heterocycles. The van der Waals surface area contributed by atoms with Gasteiger partial charge < -0.3 is 25.8 Å². The summed E-state index contributed by atoms with van der Waals surface area (Å²) in [5.74, 6) is 0. The van der Waals surface area contributed by atoms with Gasteiger partial charge in [-0.1, -0.05) is 26.7 Å². The molecule has 0 spiro atoms. The molecule has 0 bridgehead atoms. The summed E-state index contributed by atoms with van der Waals surface area (Å²) < 4.78 is 10.3. The van der Waals surface area contributed by atoms with Crippen molar-refractivity contribution >= 4 is 37.0 Å². The Hall–Kier alpha value is -0.960. The van der Waals surface area contributed by atoms with Crippen LogP contribution < -0.4 is 16.4 Å². The van der Waals surface area contributed by atoms with E-state index in [0.717, 1.165) is 25.7 Å². The minimum Gasteiger partial charge on any atom is -0.448 e. The van der Waals surface area contributed by atoms with Crippen LogP contribution in [0.5, 0.6) is 0 Å². The zero-order chi connectivity index (χ0) is 18.9. The highest BCUT2D eigenvalue weighted by Gasteiger charge is 2.14. The average Bonchev–Trinajstić information content (AvgIpc) is 2.60. The molecular weight excluding hydrogens is 395 g/mol. The molecule has 8 nitrogen and oxygen atoms in total. The van der Waals surface area contributed by atoms with Gasteiger partial charge in [0.05, 0.1) is 0 Å². The number of alkyl carbamates (subject to hydrolysis) is 2. The molecule has 0 aliphatic heterocycles. The Morgan fingerprint density at radius 1 is 0.926 bits per heavy atom. The van der Waals surface area contributed by atoms with Crippen LogP contribution in [0.1, 0.15) is 46.5 Å². The Morgan fingerprint density at radius 2 is 1.33 bits per heavy atom. The van der Waals surface area contributed by atoms with Crippen molar-refractivity contribution in [2.24, 2.45) is 5.73 Å². The molecule has 0 fully saturated rings. The van der Waals surface area contributed by atoms with Gasteiger partial charge in [0.15, 0.2) is 0 Å². The first-order chi connectivity index (χ1) is 12.0. The summed E-state index contributed by atoms with van der Waals surface area (Å²) in [6.07, 6.45) is 3.11. The van der Waals surface area contributed by atoms with Gasteiger partial charge in [0.25, 0.3) is 0 Å². The highest BCUT2D eigenvalue weighted by Crippen LogP contribution is 1.98. The number of rotatable bonds is 14. The van der Waals surface area contributed by atoms with E-state index >= 15 is 0 Å². The fraction of sp³-hybridized carbons (Fsp3) is 0.882. The van der Waals surface area contributed by atoms with Gasteiger partial charge >= 0.3 is 12.2 Å². The maximum Gasteiger partial charge on any atom is 0.407 e. The summed E-state index contributed by atoms with van der Waals surface area (Å²) in [6, 6.07) is 0.110. The van der Waals surface area contributed by atoms with Crippen molar-refractivity contribution in [1.82, 2.24) is 15.5 Å². The van der Waals surface area contributed by atoms with Gasteiger partial charge in [-0.15, -0.1) is 24.8 Å². The van der Waals surface area contributed by atoms with Gasteiger partial charge in [-0.25, -0.2) is 9.59 Å². The third kappa shape index (κ3) is 18.2. The maximum absolute atomic E-state index is 11.5. The van der Waals surface area contributed by atoms with Crippen LogP contribution in [-0.2, 0) is 9.47 Å². The average molecular weight is 433 g/mol. The lowest BCUT2D eigenvalue weighted by Gasteiger charge is -2.27. The van der Waals surface area contributed by atoms with Crippen LogP contribution >= 0.6 is 24.8 Å². The van der Waals surface area contributed by atoms with Gasteiger partial charge in [0.2, 0.25) is 0 Å². The summed E-state index contributed by atoms with van der Waals surface area (Å²) in [7, 11) is 0. The fourth-order valence-electron chi connectivity index (χ4n) is 2.05. The SMILES string of the molecule is CCCCNC(=O)OCCN(CCOC(=O)NCCCC)C(C)CN.Cl.Cl. The van der Waals surface area contributed by atoms with E-state index in [9.17, 15) is 9.59 Å². The molecule has 27 heavy (non-hydrogen) atoms. The van der Waals surface area contributed by atoms with Gasteiger partial charge in [0, 0.05) is 38.8 Å². The number of carbonyl (C=O) groups is 2. The smallest absolute Gasteiger partial charge is 0.407 e. The van der Waals surface area contributed by atoms with Crippen molar-refractivity contribution in [2.45, 2.75) is 52.5 Å². The Morgan fingerprint density at radius 3 is 1.67 bits per heavy atom. The number of ether oxygens (including phenoxy) is 2. The lowest BCUT2D eigenvalue weighted by atomic mass is 10.3. The molecule has 0 aliphatic carbocycles. The largest absolute Gasteiger partial charge is 0.448 e. The predicted octanol–water partition coefficient (Wildman–Crippen LogP) is 2.53. The molecule has 0 heterocycles. The normalized spacial score (nSPS) is 11.0. The van der Waals surface area contributed by atoms with Crippen molar-refractivity contribution in [3.05, 3.63) is 0 Å². The van der Waals surface area contributed by atoms with E-state index in [1.165, 1.54) is 0 Å². The van der Waals surface area contributed by atoms with Gasteiger partial charge in [0.1, 0.15) is 13.2 Å². The van der Waals surface area contributed by atoms with E-state index < -0.39 is 12.2 Å². The van der Waals surface area contributed by atoms with Crippen LogP contribution in [0.3, 0.4) is 0 Å².